The number of benzene rings is 1. The SMILES string of the molecule is O=CNc1cccc2c1NC(=O)NC2. The van der Waals surface area contributed by atoms with E-state index in [0.29, 0.717) is 24.3 Å². The average molecular weight is 191 g/mol. The summed E-state index contributed by atoms with van der Waals surface area (Å²) in [5.74, 6) is 0. The van der Waals surface area contributed by atoms with Crippen molar-refractivity contribution in [1.82, 2.24) is 5.32 Å². The molecule has 3 N–H and O–H groups in total. The van der Waals surface area contributed by atoms with Crippen LogP contribution in [0.3, 0.4) is 0 Å². The van der Waals surface area contributed by atoms with Crippen LogP contribution < -0.4 is 16.0 Å². The van der Waals surface area contributed by atoms with Crippen LogP contribution in [0.4, 0.5) is 16.2 Å². The second-order valence-electron chi connectivity index (χ2n) is 2.91. The standard InChI is InChI=1S/C9H9N3O2/c13-5-11-7-3-1-2-6-4-10-9(14)12-8(6)7/h1-3,5H,4H2,(H,11,13)(H2,10,12,14). The summed E-state index contributed by atoms with van der Waals surface area (Å²) in [6, 6.07) is 5.19. The lowest BCUT2D eigenvalue weighted by Crippen LogP contribution is -2.33. The number of carbonyl (C=O) groups excluding carboxylic acids is 2. The molecule has 5 nitrogen and oxygen atoms in total. The van der Waals surface area contributed by atoms with Crippen LogP contribution in [0.5, 0.6) is 0 Å². The number of urea groups is 1. The molecule has 72 valence electrons. The van der Waals surface area contributed by atoms with Crippen molar-refractivity contribution in [3.8, 4) is 0 Å². The molecule has 0 spiro atoms. The molecule has 0 saturated carbocycles. The van der Waals surface area contributed by atoms with Gasteiger partial charge in [-0.25, -0.2) is 4.79 Å². The molecule has 0 radical (unpaired) electrons. The van der Waals surface area contributed by atoms with Gasteiger partial charge >= 0.3 is 6.03 Å². The molecular weight excluding hydrogens is 182 g/mol. The molecule has 1 heterocycles. The number of hydrogen-bond acceptors (Lipinski definition) is 2. The summed E-state index contributed by atoms with van der Waals surface area (Å²) in [4.78, 5) is 21.3. The Morgan fingerprint density at radius 2 is 2.29 bits per heavy atom. The van der Waals surface area contributed by atoms with Crippen LogP contribution in [-0.4, -0.2) is 12.4 Å². The van der Waals surface area contributed by atoms with Crippen molar-refractivity contribution in [3.05, 3.63) is 23.8 Å². The summed E-state index contributed by atoms with van der Waals surface area (Å²) in [6.45, 7) is 0.482. The molecule has 3 amide bonds. The Morgan fingerprint density at radius 3 is 3.07 bits per heavy atom. The summed E-state index contributed by atoms with van der Waals surface area (Å²) in [5, 5.41) is 7.82. The largest absolute Gasteiger partial charge is 0.334 e. The number of carbonyl (C=O) groups is 2. The molecule has 1 aromatic rings. The van der Waals surface area contributed by atoms with Crippen molar-refractivity contribution in [1.29, 1.82) is 0 Å². The van der Waals surface area contributed by atoms with Crippen molar-refractivity contribution in [2.75, 3.05) is 10.6 Å². The van der Waals surface area contributed by atoms with Gasteiger partial charge in [0.15, 0.2) is 0 Å². The molecule has 0 aromatic heterocycles. The minimum Gasteiger partial charge on any atom is -0.334 e. The number of rotatable bonds is 2. The molecule has 0 atom stereocenters. The van der Waals surface area contributed by atoms with Gasteiger partial charge in [0.1, 0.15) is 0 Å². The van der Waals surface area contributed by atoms with E-state index in [9.17, 15) is 9.59 Å². The molecule has 14 heavy (non-hydrogen) atoms. The molecule has 0 saturated heterocycles. The highest BCUT2D eigenvalue weighted by atomic mass is 16.2. The molecule has 0 bridgehead atoms. The Kier molecular flexibility index (Phi) is 2.06. The maximum absolute atomic E-state index is 11.0. The van der Waals surface area contributed by atoms with E-state index in [4.69, 9.17) is 0 Å². The number of nitrogens with one attached hydrogen (secondary N) is 3. The number of hydrogen-bond donors (Lipinski definition) is 3. The fourth-order valence-corrected chi connectivity index (χ4v) is 1.41. The average Bonchev–Trinajstić information content (AvgIpc) is 2.19. The number of para-hydroxylation sites is 1. The van der Waals surface area contributed by atoms with Gasteiger partial charge in [-0.05, 0) is 11.6 Å². The van der Waals surface area contributed by atoms with Crippen molar-refractivity contribution >= 4 is 23.8 Å². The molecule has 2 rings (SSSR count). The predicted molar refractivity (Wildman–Crippen MR) is 52.0 cm³/mol. The normalized spacial score (nSPS) is 13.6. The molecule has 1 aliphatic rings. The van der Waals surface area contributed by atoms with E-state index in [1.54, 1.807) is 6.07 Å². The summed E-state index contributed by atoms with van der Waals surface area (Å²) in [7, 11) is 0. The first kappa shape index (κ1) is 8.55. The molecule has 0 unspecified atom stereocenters. The fraction of sp³-hybridized carbons (Fsp3) is 0.111. The lowest BCUT2D eigenvalue weighted by atomic mass is 10.1. The van der Waals surface area contributed by atoms with E-state index in [-0.39, 0.29) is 6.03 Å². The summed E-state index contributed by atoms with van der Waals surface area (Å²) in [6.07, 6.45) is 0.587. The zero-order valence-corrected chi connectivity index (χ0v) is 7.33. The summed E-state index contributed by atoms with van der Waals surface area (Å²) >= 11 is 0. The van der Waals surface area contributed by atoms with E-state index in [1.165, 1.54) is 0 Å². The quantitative estimate of drug-likeness (QED) is 0.607. The third-order valence-corrected chi connectivity index (χ3v) is 2.04. The maximum atomic E-state index is 11.0. The molecule has 1 aromatic carbocycles. The first-order valence-electron chi connectivity index (χ1n) is 4.18. The van der Waals surface area contributed by atoms with Gasteiger partial charge in [0.2, 0.25) is 6.41 Å². The predicted octanol–water partition coefficient (Wildman–Crippen LogP) is 0.890. The lowest BCUT2D eigenvalue weighted by molar-refractivity contribution is -0.105. The van der Waals surface area contributed by atoms with Crippen molar-refractivity contribution in [2.45, 2.75) is 6.54 Å². The van der Waals surface area contributed by atoms with E-state index in [0.717, 1.165) is 5.56 Å². The fourth-order valence-electron chi connectivity index (χ4n) is 1.41. The smallest absolute Gasteiger partial charge is 0.319 e. The highest BCUT2D eigenvalue weighted by molar-refractivity contribution is 5.98. The van der Waals surface area contributed by atoms with Crippen molar-refractivity contribution in [2.24, 2.45) is 0 Å². The van der Waals surface area contributed by atoms with Crippen LogP contribution in [0, 0.1) is 0 Å². The third kappa shape index (κ3) is 1.39. The van der Waals surface area contributed by atoms with E-state index in [1.807, 2.05) is 12.1 Å². The molecular formula is C9H9N3O2. The van der Waals surface area contributed by atoms with Crippen molar-refractivity contribution < 1.29 is 9.59 Å². The van der Waals surface area contributed by atoms with Crippen LogP contribution in [0.2, 0.25) is 0 Å². The Labute approximate surface area is 80.5 Å². The first-order valence-corrected chi connectivity index (χ1v) is 4.18. The monoisotopic (exact) mass is 191 g/mol. The Morgan fingerprint density at radius 1 is 1.43 bits per heavy atom. The van der Waals surface area contributed by atoms with Gasteiger partial charge in [0.05, 0.1) is 11.4 Å². The second-order valence-corrected chi connectivity index (χ2v) is 2.91. The first-order chi connectivity index (χ1) is 6.81. The minimum absolute atomic E-state index is 0.252. The van der Waals surface area contributed by atoms with Gasteiger partial charge in [0, 0.05) is 6.54 Å². The topological polar surface area (TPSA) is 70.2 Å². The zero-order valence-electron chi connectivity index (χ0n) is 7.33. The van der Waals surface area contributed by atoms with E-state index >= 15 is 0 Å². The highest BCUT2D eigenvalue weighted by Crippen LogP contribution is 2.27. The van der Waals surface area contributed by atoms with Gasteiger partial charge in [-0.3, -0.25) is 4.79 Å². The van der Waals surface area contributed by atoms with Gasteiger partial charge in [-0.1, -0.05) is 12.1 Å². The lowest BCUT2D eigenvalue weighted by Gasteiger charge is -2.20. The van der Waals surface area contributed by atoms with E-state index in [2.05, 4.69) is 16.0 Å². The van der Waals surface area contributed by atoms with Crippen molar-refractivity contribution in [3.63, 3.8) is 0 Å². The van der Waals surface area contributed by atoms with E-state index < -0.39 is 0 Å². The Hall–Kier alpha value is -2.04. The number of fused-ring (bicyclic) bond motifs is 1. The Bertz CT molecular complexity index is 390. The highest BCUT2D eigenvalue weighted by Gasteiger charge is 2.16. The third-order valence-electron chi connectivity index (χ3n) is 2.04. The summed E-state index contributed by atoms with van der Waals surface area (Å²) in [5.41, 5.74) is 2.24. The molecule has 1 aliphatic heterocycles. The van der Waals surface area contributed by atoms with Crippen LogP contribution in [0.1, 0.15) is 5.56 Å². The summed E-state index contributed by atoms with van der Waals surface area (Å²) < 4.78 is 0. The molecule has 5 heteroatoms. The van der Waals surface area contributed by atoms with Gasteiger partial charge in [-0.15, -0.1) is 0 Å². The van der Waals surface area contributed by atoms with Gasteiger partial charge < -0.3 is 16.0 Å². The maximum Gasteiger partial charge on any atom is 0.319 e. The van der Waals surface area contributed by atoms with Crippen LogP contribution >= 0.6 is 0 Å². The van der Waals surface area contributed by atoms with Gasteiger partial charge in [-0.2, -0.15) is 0 Å². The minimum atomic E-state index is -0.252. The zero-order chi connectivity index (χ0) is 9.97. The second kappa shape index (κ2) is 3.37. The Balaban J connectivity index is 2.42. The van der Waals surface area contributed by atoms with Gasteiger partial charge in [0.25, 0.3) is 0 Å². The van der Waals surface area contributed by atoms with Crippen LogP contribution in [0.25, 0.3) is 0 Å². The molecule has 0 aliphatic carbocycles. The van der Waals surface area contributed by atoms with Crippen LogP contribution in [-0.2, 0) is 11.3 Å². The molecule has 0 fully saturated rings. The van der Waals surface area contributed by atoms with Crippen LogP contribution in [0.15, 0.2) is 18.2 Å². The number of amides is 3. The number of anilines is 2.